The van der Waals surface area contributed by atoms with Crippen molar-refractivity contribution in [3.63, 3.8) is 0 Å². The number of nitrogens with zero attached hydrogens (tertiary/aromatic N) is 1. The van der Waals surface area contributed by atoms with Gasteiger partial charge in [0.2, 0.25) is 5.88 Å². The van der Waals surface area contributed by atoms with Gasteiger partial charge in [-0.25, -0.2) is 4.98 Å². The SMILES string of the molecule is COc1cccc(CNC2CC(C)CC(C)C2)n1. The van der Waals surface area contributed by atoms with Gasteiger partial charge in [-0.2, -0.15) is 0 Å². The van der Waals surface area contributed by atoms with Gasteiger partial charge in [-0.3, -0.25) is 0 Å². The predicted molar refractivity (Wildman–Crippen MR) is 73.6 cm³/mol. The molecule has 100 valence electrons. The molecular weight excluding hydrogens is 224 g/mol. The Kier molecular flexibility index (Phi) is 4.59. The highest BCUT2D eigenvalue weighted by molar-refractivity contribution is 5.15. The van der Waals surface area contributed by atoms with E-state index in [0.717, 1.165) is 24.1 Å². The number of nitrogens with one attached hydrogen (secondary N) is 1. The molecule has 1 aromatic heterocycles. The molecule has 0 aromatic carbocycles. The normalized spacial score (nSPS) is 28.1. The lowest BCUT2D eigenvalue weighted by Crippen LogP contribution is -2.36. The third-order valence-electron chi connectivity index (χ3n) is 3.74. The number of ether oxygens (including phenoxy) is 1. The third kappa shape index (κ3) is 3.70. The molecule has 0 radical (unpaired) electrons. The average molecular weight is 248 g/mol. The predicted octanol–water partition coefficient (Wildman–Crippen LogP) is 3.00. The summed E-state index contributed by atoms with van der Waals surface area (Å²) in [5.74, 6) is 2.37. The Labute approximate surface area is 110 Å². The molecule has 1 N–H and O–H groups in total. The van der Waals surface area contributed by atoms with Crippen molar-refractivity contribution in [3.05, 3.63) is 23.9 Å². The van der Waals surface area contributed by atoms with Crippen molar-refractivity contribution in [2.75, 3.05) is 7.11 Å². The van der Waals surface area contributed by atoms with Crippen LogP contribution in [0.15, 0.2) is 18.2 Å². The molecule has 1 aliphatic carbocycles. The zero-order chi connectivity index (χ0) is 13.0. The summed E-state index contributed by atoms with van der Waals surface area (Å²) in [5.41, 5.74) is 1.06. The molecule has 3 heteroatoms. The zero-order valence-electron chi connectivity index (χ0n) is 11.6. The largest absolute Gasteiger partial charge is 0.481 e. The van der Waals surface area contributed by atoms with Crippen LogP contribution in [0.1, 0.15) is 38.8 Å². The molecule has 1 saturated carbocycles. The smallest absolute Gasteiger partial charge is 0.213 e. The molecule has 2 rings (SSSR count). The molecule has 2 unspecified atom stereocenters. The maximum atomic E-state index is 5.14. The minimum atomic E-state index is 0.636. The minimum absolute atomic E-state index is 0.636. The van der Waals surface area contributed by atoms with Gasteiger partial charge in [-0.1, -0.05) is 19.9 Å². The third-order valence-corrected chi connectivity index (χ3v) is 3.74. The molecular formula is C15H24N2O. The van der Waals surface area contributed by atoms with Gasteiger partial charge >= 0.3 is 0 Å². The summed E-state index contributed by atoms with van der Waals surface area (Å²) in [6, 6.07) is 6.56. The van der Waals surface area contributed by atoms with Crippen LogP contribution in [-0.2, 0) is 6.54 Å². The Morgan fingerprint density at radius 3 is 2.61 bits per heavy atom. The van der Waals surface area contributed by atoms with E-state index in [2.05, 4.69) is 24.1 Å². The molecule has 0 spiro atoms. The maximum absolute atomic E-state index is 5.14. The fourth-order valence-corrected chi connectivity index (χ4v) is 3.03. The highest BCUT2D eigenvalue weighted by Gasteiger charge is 2.23. The highest BCUT2D eigenvalue weighted by atomic mass is 16.5. The van der Waals surface area contributed by atoms with Crippen molar-refractivity contribution in [1.29, 1.82) is 0 Å². The first-order valence-electron chi connectivity index (χ1n) is 6.90. The van der Waals surface area contributed by atoms with Crippen LogP contribution in [0.5, 0.6) is 5.88 Å². The standard InChI is InChI=1S/C15H24N2O/c1-11-7-12(2)9-14(8-11)16-10-13-5-4-6-15(17-13)18-3/h4-6,11-12,14,16H,7-10H2,1-3H3. The maximum Gasteiger partial charge on any atom is 0.213 e. The molecule has 18 heavy (non-hydrogen) atoms. The molecule has 1 aliphatic rings. The van der Waals surface area contributed by atoms with E-state index < -0.39 is 0 Å². The second kappa shape index (κ2) is 6.19. The Morgan fingerprint density at radius 1 is 1.22 bits per heavy atom. The first-order chi connectivity index (χ1) is 8.67. The highest BCUT2D eigenvalue weighted by Crippen LogP contribution is 2.28. The van der Waals surface area contributed by atoms with Crippen LogP contribution < -0.4 is 10.1 Å². The average Bonchev–Trinajstić information content (AvgIpc) is 2.35. The van der Waals surface area contributed by atoms with Gasteiger partial charge in [-0.05, 0) is 37.2 Å². The molecule has 0 bridgehead atoms. The Bertz CT molecular complexity index is 371. The van der Waals surface area contributed by atoms with Gasteiger partial charge in [0.05, 0.1) is 12.8 Å². The molecule has 0 saturated heterocycles. The van der Waals surface area contributed by atoms with Gasteiger partial charge in [-0.15, -0.1) is 0 Å². The quantitative estimate of drug-likeness (QED) is 0.889. The zero-order valence-corrected chi connectivity index (χ0v) is 11.6. The molecule has 0 aliphatic heterocycles. The lowest BCUT2D eigenvalue weighted by molar-refractivity contribution is 0.237. The number of hydrogen-bond donors (Lipinski definition) is 1. The van der Waals surface area contributed by atoms with Crippen molar-refractivity contribution in [2.45, 2.75) is 45.7 Å². The molecule has 2 atom stereocenters. The van der Waals surface area contributed by atoms with Crippen molar-refractivity contribution in [2.24, 2.45) is 11.8 Å². The number of rotatable bonds is 4. The number of pyridine rings is 1. The summed E-state index contributed by atoms with van der Waals surface area (Å²) in [6.07, 6.45) is 3.94. The molecule has 1 heterocycles. The lowest BCUT2D eigenvalue weighted by Gasteiger charge is -2.32. The summed E-state index contributed by atoms with van der Waals surface area (Å²) in [4.78, 5) is 4.43. The van der Waals surface area contributed by atoms with E-state index in [9.17, 15) is 0 Å². The molecule has 1 aromatic rings. The van der Waals surface area contributed by atoms with E-state index in [-0.39, 0.29) is 0 Å². The van der Waals surface area contributed by atoms with Crippen molar-refractivity contribution >= 4 is 0 Å². The number of methoxy groups -OCH3 is 1. The Hall–Kier alpha value is -1.09. The summed E-state index contributed by atoms with van der Waals surface area (Å²) in [7, 11) is 1.66. The molecule has 3 nitrogen and oxygen atoms in total. The van der Waals surface area contributed by atoms with Gasteiger partial charge < -0.3 is 10.1 Å². The van der Waals surface area contributed by atoms with Crippen LogP contribution in [0.4, 0.5) is 0 Å². The van der Waals surface area contributed by atoms with Crippen LogP contribution in [0.3, 0.4) is 0 Å². The van der Waals surface area contributed by atoms with E-state index >= 15 is 0 Å². The first-order valence-corrected chi connectivity index (χ1v) is 6.90. The summed E-state index contributed by atoms with van der Waals surface area (Å²) in [5, 5.41) is 3.63. The summed E-state index contributed by atoms with van der Waals surface area (Å²) in [6.45, 7) is 5.55. The topological polar surface area (TPSA) is 34.1 Å². The lowest BCUT2D eigenvalue weighted by atomic mass is 9.80. The van der Waals surface area contributed by atoms with Crippen LogP contribution in [-0.4, -0.2) is 18.1 Å². The second-order valence-electron chi connectivity index (χ2n) is 5.67. The Balaban J connectivity index is 1.86. The van der Waals surface area contributed by atoms with E-state index in [1.807, 2.05) is 18.2 Å². The Morgan fingerprint density at radius 2 is 1.94 bits per heavy atom. The fourth-order valence-electron chi connectivity index (χ4n) is 3.03. The van der Waals surface area contributed by atoms with E-state index in [4.69, 9.17) is 4.74 Å². The van der Waals surface area contributed by atoms with Gasteiger partial charge in [0.1, 0.15) is 0 Å². The monoisotopic (exact) mass is 248 g/mol. The number of aromatic nitrogens is 1. The first kappa shape index (κ1) is 13.3. The van der Waals surface area contributed by atoms with Crippen LogP contribution in [0.2, 0.25) is 0 Å². The van der Waals surface area contributed by atoms with Gasteiger partial charge in [0, 0.05) is 18.7 Å². The molecule has 1 fully saturated rings. The molecule has 0 amide bonds. The van der Waals surface area contributed by atoms with E-state index in [1.165, 1.54) is 19.3 Å². The van der Waals surface area contributed by atoms with Gasteiger partial charge in [0.25, 0.3) is 0 Å². The van der Waals surface area contributed by atoms with Crippen molar-refractivity contribution < 1.29 is 4.74 Å². The number of hydrogen-bond acceptors (Lipinski definition) is 3. The summed E-state index contributed by atoms with van der Waals surface area (Å²) < 4.78 is 5.14. The van der Waals surface area contributed by atoms with Crippen molar-refractivity contribution in [3.8, 4) is 5.88 Å². The van der Waals surface area contributed by atoms with E-state index in [1.54, 1.807) is 7.11 Å². The van der Waals surface area contributed by atoms with Crippen LogP contribution in [0, 0.1) is 11.8 Å². The second-order valence-corrected chi connectivity index (χ2v) is 5.67. The van der Waals surface area contributed by atoms with Crippen LogP contribution >= 0.6 is 0 Å². The minimum Gasteiger partial charge on any atom is -0.481 e. The fraction of sp³-hybridized carbons (Fsp3) is 0.667. The van der Waals surface area contributed by atoms with Crippen LogP contribution in [0.25, 0.3) is 0 Å². The van der Waals surface area contributed by atoms with E-state index in [0.29, 0.717) is 11.9 Å². The van der Waals surface area contributed by atoms with Gasteiger partial charge in [0.15, 0.2) is 0 Å². The summed E-state index contributed by atoms with van der Waals surface area (Å²) >= 11 is 0. The van der Waals surface area contributed by atoms with Crippen molar-refractivity contribution in [1.82, 2.24) is 10.3 Å².